The average molecular weight is 277 g/mol. The normalized spacial score (nSPS) is 26.4. The van der Waals surface area contributed by atoms with Crippen molar-refractivity contribution in [3.63, 3.8) is 0 Å². The molecule has 2 fully saturated rings. The number of ether oxygens (including phenoxy) is 1. The fourth-order valence-electron chi connectivity index (χ4n) is 3.35. The van der Waals surface area contributed by atoms with Crippen molar-refractivity contribution < 1.29 is 4.74 Å². The van der Waals surface area contributed by atoms with Gasteiger partial charge in [-0.15, -0.1) is 0 Å². The van der Waals surface area contributed by atoms with E-state index in [-0.39, 0.29) is 0 Å². The molecular weight excluding hydrogens is 254 g/mol. The molecule has 0 spiro atoms. The van der Waals surface area contributed by atoms with E-state index in [1.165, 1.54) is 38.8 Å². The minimum absolute atomic E-state index is 0.390. The summed E-state index contributed by atoms with van der Waals surface area (Å²) in [5.74, 6) is 1.95. The van der Waals surface area contributed by atoms with Crippen molar-refractivity contribution in [3.8, 4) is 0 Å². The number of piperidine rings is 1. The smallest absolute Gasteiger partial charge is 0.158 e. The second-order valence-corrected chi connectivity index (χ2v) is 5.72. The van der Waals surface area contributed by atoms with Crippen molar-refractivity contribution in [2.75, 3.05) is 31.2 Å². The molecule has 2 saturated heterocycles. The van der Waals surface area contributed by atoms with Crippen LogP contribution in [0.2, 0.25) is 0 Å². The summed E-state index contributed by atoms with van der Waals surface area (Å²) in [5.41, 5.74) is 5.83. The van der Waals surface area contributed by atoms with Crippen LogP contribution in [0.3, 0.4) is 0 Å². The number of nitrogens with zero attached hydrogens (tertiary/aromatic N) is 3. The average Bonchev–Trinajstić information content (AvgIpc) is 2.85. The monoisotopic (exact) mass is 277 g/mol. The van der Waals surface area contributed by atoms with Gasteiger partial charge in [0.25, 0.3) is 0 Å². The van der Waals surface area contributed by atoms with Crippen LogP contribution in [0.25, 0.3) is 0 Å². The zero-order chi connectivity index (χ0) is 13.9. The van der Waals surface area contributed by atoms with Gasteiger partial charge in [-0.25, -0.2) is 9.97 Å². The van der Waals surface area contributed by atoms with Crippen LogP contribution < -0.4 is 11.1 Å². The van der Waals surface area contributed by atoms with Crippen molar-refractivity contribution in [1.82, 2.24) is 14.9 Å². The van der Waals surface area contributed by atoms with Gasteiger partial charge in [0.2, 0.25) is 0 Å². The first-order valence-electron chi connectivity index (χ1n) is 7.37. The molecule has 2 atom stereocenters. The molecule has 1 aromatic heterocycles. The van der Waals surface area contributed by atoms with E-state index < -0.39 is 0 Å². The first kappa shape index (κ1) is 13.6. The van der Waals surface area contributed by atoms with Gasteiger partial charge in [0.05, 0.1) is 0 Å². The maximum Gasteiger partial charge on any atom is 0.158 e. The summed E-state index contributed by atoms with van der Waals surface area (Å²) >= 11 is 0. The number of hydrogen-bond acceptors (Lipinski definition) is 6. The van der Waals surface area contributed by atoms with Gasteiger partial charge in [-0.3, -0.25) is 0 Å². The Morgan fingerprint density at radius 1 is 1.40 bits per heavy atom. The lowest BCUT2D eigenvalue weighted by Crippen LogP contribution is -2.42. The summed E-state index contributed by atoms with van der Waals surface area (Å²) in [6, 6.07) is 3.04. The Bertz CT molecular complexity index is 467. The van der Waals surface area contributed by atoms with E-state index in [4.69, 9.17) is 10.5 Å². The van der Waals surface area contributed by atoms with Gasteiger partial charge < -0.3 is 20.7 Å². The van der Waals surface area contributed by atoms with E-state index in [1.807, 2.05) is 0 Å². The number of rotatable bonds is 4. The van der Waals surface area contributed by atoms with Gasteiger partial charge in [0.15, 0.2) is 5.82 Å². The number of fused-ring (bicyclic) bond motifs is 1. The van der Waals surface area contributed by atoms with Crippen molar-refractivity contribution in [3.05, 3.63) is 11.9 Å². The molecule has 3 rings (SSSR count). The molecule has 110 valence electrons. The summed E-state index contributed by atoms with van der Waals surface area (Å²) in [7, 11) is 1.63. The number of aromatic nitrogens is 2. The molecule has 2 unspecified atom stereocenters. The number of nitrogen functional groups attached to an aromatic ring is 1. The molecule has 20 heavy (non-hydrogen) atoms. The third-order valence-electron chi connectivity index (χ3n) is 4.24. The molecule has 6 nitrogen and oxygen atoms in total. The highest BCUT2D eigenvalue weighted by Gasteiger charge is 2.31. The number of nitrogens with one attached hydrogen (secondary N) is 1. The summed E-state index contributed by atoms with van der Waals surface area (Å²) in [6.45, 7) is 2.85. The topological polar surface area (TPSA) is 76.3 Å². The Balaban J connectivity index is 1.65. The molecule has 3 N–H and O–H groups in total. The molecule has 2 aliphatic heterocycles. The van der Waals surface area contributed by atoms with Crippen LogP contribution in [-0.4, -0.2) is 47.2 Å². The van der Waals surface area contributed by atoms with Gasteiger partial charge >= 0.3 is 0 Å². The quantitative estimate of drug-likeness (QED) is 0.862. The maximum atomic E-state index is 5.83. The summed E-state index contributed by atoms with van der Waals surface area (Å²) in [5, 5.41) is 3.52. The van der Waals surface area contributed by atoms with Crippen LogP contribution in [0, 0.1) is 0 Å². The van der Waals surface area contributed by atoms with Gasteiger partial charge in [0, 0.05) is 31.8 Å². The predicted octanol–water partition coefficient (Wildman–Crippen LogP) is 1.24. The Hall–Kier alpha value is -1.40. The lowest BCUT2D eigenvalue weighted by Gasteiger charge is -2.35. The highest BCUT2D eigenvalue weighted by atomic mass is 16.5. The van der Waals surface area contributed by atoms with Gasteiger partial charge in [0.1, 0.15) is 18.2 Å². The van der Waals surface area contributed by atoms with E-state index in [1.54, 1.807) is 13.2 Å². The van der Waals surface area contributed by atoms with Crippen LogP contribution in [-0.2, 0) is 11.3 Å². The zero-order valence-electron chi connectivity index (χ0n) is 12.0. The van der Waals surface area contributed by atoms with Crippen molar-refractivity contribution in [1.29, 1.82) is 0 Å². The molecular formula is C14H23N5O. The molecule has 0 saturated carbocycles. The molecule has 0 aromatic carbocycles. The van der Waals surface area contributed by atoms with Crippen molar-refractivity contribution in [2.45, 2.75) is 44.4 Å². The summed E-state index contributed by atoms with van der Waals surface area (Å²) in [4.78, 5) is 11.2. The van der Waals surface area contributed by atoms with Crippen LogP contribution in [0.1, 0.15) is 31.5 Å². The van der Waals surface area contributed by atoms with E-state index >= 15 is 0 Å². The molecule has 0 amide bonds. The molecule has 2 aliphatic rings. The third kappa shape index (κ3) is 3.02. The highest BCUT2D eigenvalue weighted by Crippen LogP contribution is 2.28. The standard InChI is InChI=1S/C14H23N5O/c1-20-9-14-17-12(15)8-13(18-14)16-10-4-6-19-5-2-3-11(19)7-10/h8,10-11H,2-7,9H2,1H3,(H3,15,16,17,18). The number of nitrogens with two attached hydrogens (primary N) is 1. The molecule has 3 heterocycles. The molecule has 1 aromatic rings. The van der Waals surface area contributed by atoms with Crippen LogP contribution in [0.4, 0.5) is 11.6 Å². The van der Waals surface area contributed by atoms with E-state index in [9.17, 15) is 0 Å². The lowest BCUT2D eigenvalue weighted by molar-refractivity contribution is 0.177. The fourth-order valence-corrected chi connectivity index (χ4v) is 3.35. The summed E-state index contributed by atoms with van der Waals surface area (Å²) in [6.07, 6.45) is 5.04. The predicted molar refractivity (Wildman–Crippen MR) is 78.4 cm³/mol. The molecule has 0 bridgehead atoms. The molecule has 0 radical (unpaired) electrons. The fraction of sp³-hybridized carbons (Fsp3) is 0.714. The van der Waals surface area contributed by atoms with Gasteiger partial charge in [-0.2, -0.15) is 0 Å². The number of methoxy groups -OCH3 is 1. The Labute approximate surface area is 119 Å². The van der Waals surface area contributed by atoms with Crippen LogP contribution in [0.15, 0.2) is 6.07 Å². The molecule has 6 heteroatoms. The molecule has 0 aliphatic carbocycles. The maximum absolute atomic E-state index is 5.83. The Morgan fingerprint density at radius 3 is 3.15 bits per heavy atom. The first-order chi connectivity index (χ1) is 9.74. The number of hydrogen-bond donors (Lipinski definition) is 2. The van der Waals surface area contributed by atoms with Crippen LogP contribution >= 0.6 is 0 Å². The van der Waals surface area contributed by atoms with Gasteiger partial charge in [-0.1, -0.05) is 0 Å². The second-order valence-electron chi connectivity index (χ2n) is 5.72. The minimum Gasteiger partial charge on any atom is -0.384 e. The van der Waals surface area contributed by atoms with Crippen LogP contribution in [0.5, 0.6) is 0 Å². The van der Waals surface area contributed by atoms with Gasteiger partial charge in [-0.05, 0) is 32.2 Å². The highest BCUT2D eigenvalue weighted by molar-refractivity contribution is 5.45. The van der Waals surface area contributed by atoms with Crippen molar-refractivity contribution >= 4 is 11.6 Å². The second kappa shape index (κ2) is 5.93. The third-order valence-corrected chi connectivity index (χ3v) is 4.24. The van der Waals surface area contributed by atoms with Crippen molar-refractivity contribution in [2.24, 2.45) is 0 Å². The lowest BCUT2D eigenvalue weighted by atomic mass is 9.97. The minimum atomic E-state index is 0.390. The first-order valence-corrected chi connectivity index (χ1v) is 7.37. The number of anilines is 2. The van der Waals surface area contributed by atoms with E-state index in [0.29, 0.717) is 24.3 Å². The zero-order valence-corrected chi connectivity index (χ0v) is 12.0. The Morgan fingerprint density at radius 2 is 2.30 bits per heavy atom. The van der Waals surface area contributed by atoms with E-state index in [2.05, 4.69) is 20.2 Å². The summed E-state index contributed by atoms with van der Waals surface area (Å²) < 4.78 is 5.07. The SMILES string of the molecule is COCc1nc(N)cc(NC2CCN3CCCC3C2)n1. The largest absolute Gasteiger partial charge is 0.384 e. The van der Waals surface area contributed by atoms with E-state index in [0.717, 1.165) is 11.9 Å². The Kier molecular flexibility index (Phi) is 4.03.